The Morgan fingerprint density at radius 3 is 2.29 bits per heavy atom. The van der Waals surface area contributed by atoms with E-state index in [2.05, 4.69) is 0 Å². The van der Waals surface area contributed by atoms with E-state index in [1.54, 1.807) is 0 Å². The molecule has 1 rings (SSSR count). The number of phenolic OH excluding ortho intramolecular Hbond substituents is 1. The summed E-state index contributed by atoms with van der Waals surface area (Å²) >= 11 is 5.32. The SMILES string of the molecule is O=C(O)C(O)c1cc(Cl)c(O)c(C(F)(F)F)c1. The monoisotopic (exact) mass is 270 g/mol. The topological polar surface area (TPSA) is 77.8 Å². The lowest BCUT2D eigenvalue weighted by molar-refractivity contribution is -0.147. The largest absolute Gasteiger partial charge is 0.506 e. The van der Waals surface area contributed by atoms with E-state index in [4.69, 9.17) is 26.9 Å². The fourth-order valence-corrected chi connectivity index (χ4v) is 1.36. The van der Waals surface area contributed by atoms with Gasteiger partial charge in [-0.15, -0.1) is 0 Å². The van der Waals surface area contributed by atoms with Crippen molar-refractivity contribution in [3.63, 3.8) is 0 Å². The Balaban J connectivity index is 3.39. The summed E-state index contributed by atoms with van der Waals surface area (Å²) in [5, 5.41) is 26.0. The van der Waals surface area contributed by atoms with Crippen LogP contribution in [0.4, 0.5) is 13.2 Å². The molecule has 1 atom stereocenters. The van der Waals surface area contributed by atoms with Crippen molar-refractivity contribution < 1.29 is 33.3 Å². The Bertz CT molecular complexity index is 458. The Kier molecular flexibility index (Phi) is 3.53. The molecule has 0 aromatic heterocycles. The zero-order valence-electron chi connectivity index (χ0n) is 7.99. The maximum absolute atomic E-state index is 12.4. The van der Waals surface area contributed by atoms with Crippen molar-refractivity contribution >= 4 is 17.6 Å². The summed E-state index contributed by atoms with van der Waals surface area (Å²) in [7, 11) is 0. The van der Waals surface area contributed by atoms with E-state index < -0.39 is 40.1 Å². The van der Waals surface area contributed by atoms with Crippen molar-refractivity contribution in [2.24, 2.45) is 0 Å². The Labute approximate surface area is 97.9 Å². The summed E-state index contributed by atoms with van der Waals surface area (Å²) in [6.07, 6.45) is -7.05. The number of halogens is 4. The maximum atomic E-state index is 12.4. The number of phenols is 1. The number of aliphatic hydroxyl groups is 1. The molecule has 1 unspecified atom stereocenters. The zero-order chi connectivity index (χ0) is 13.4. The lowest BCUT2D eigenvalue weighted by atomic mass is 10.0. The zero-order valence-corrected chi connectivity index (χ0v) is 8.75. The van der Waals surface area contributed by atoms with Crippen LogP contribution in [0.3, 0.4) is 0 Å². The van der Waals surface area contributed by atoms with E-state index in [-0.39, 0.29) is 0 Å². The predicted molar refractivity (Wildman–Crippen MR) is 50.7 cm³/mol. The van der Waals surface area contributed by atoms with Crippen LogP contribution < -0.4 is 0 Å². The number of benzene rings is 1. The van der Waals surface area contributed by atoms with Gasteiger partial charge in [-0.3, -0.25) is 0 Å². The minimum atomic E-state index is -4.90. The third-order valence-corrected chi connectivity index (χ3v) is 2.23. The van der Waals surface area contributed by atoms with Crippen molar-refractivity contribution in [1.29, 1.82) is 0 Å². The number of hydrogen-bond acceptors (Lipinski definition) is 3. The van der Waals surface area contributed by atoms with Gasteiger partial charge in [0.05, 0.1) is 10.6 Å². The Morgan fingerprint density at radius 1 is 1.35 bits per heavy atom. The number of hydrogen-bond donors (Lipinski definition) is 3. The molecule has 0 aliphatic rings. The molecule has 4 nitrogen and oxygen atoms in total. The van der Waals surface area contributed by atoms with E-state index in [0.29, 0.717) is 6.07 Å². The lowest BCUT2D eigenvalue weighted by Crippen LogP contribution is -2.13. The smallest absolute Gasteiger partial charge is 0.420 e. The molecule has 94 valence electrons. The first kappa shape index (κ1) is 13.6. The van der Waals surface area contributed by atoms with Gasteiger partial charge < -0.3 is 15.3 Å². The molecular formula is C9H6ClF3O4. The average molecular weight is 271 g/mol. The molecule has 17 heavy (non-hydrogen) atoms. The third kappa shape index (κ3) is 2.80. The molecule has 0 bridgehead atoms. The van der Waals surface area contributed by atoms with E-state index in [1.807, 2.05) is 0 Å². The highest BCUT2D eigenvalue weighted by Crippen LogP contribution is 2.41. The Hall–Kier alpha value is -1.47. The molecule has 0 spiro atoms. The van der Waals surface area contributed by atoms with Crippen molar-refractivity contribution in [3.8, 4) is 5.75 Å². The highest BCUT2D eigenvalue weighted by molar-refractivity contribution is 6.32. The molecule has 8 heteroatoms. The normalized spacial score (nSPS) is 13.5. The Morgan fingerprint density at radius 2 is 1.88 bits per heavy atom. The van der Waals surface area contributed by atoms with Crippen LogP contribution in [-0.4, -0.2) is 21.3 Å². The van der Waals surface area contributed by atoms with E-state index >= 15 is 0 Å². The van der Waals surface area contributed by atoms with Crippen LogP contribution in [0.2, 0.25) is 5.02 Å². The van der Waals surface area contributed by atoms with Crippen molar-refractivity contribution in [2.75, 3.05) is 0 Å². The van der Waals surface area contributed by atoms with Crippen LogP contribution in [0.25, 0.3) is 0 Å². The maximum Gasteiger partial charge on any atom is 0.420 e. The first-order valence-corrected chi connectivity index (χ1v) is 4.53. The summed E-state index contributed by atoms with van der Waals surface area (Å²) in [5.41, 5.74) is -2.06. The molecule has 0 aliphatic carbocycles. The first-order valence-electron chi connectivity index (χ1n) is 4.15. The summed E-state index contributed by atoms with van der Waals surface area (Å²) in [6.45, 7) is 0. The van der Waals surface area contributed by atoms with Crippen LogP contribution >= 0.6 is 11.6 Å². The van der Waals surface area contributed by atoms with Crippen molar-refractivity contribution in [1.82, 2.24) is 0 Å². The number of aliphatic carboxylic acids is 1. The second-order valence-corrected chi connectivity index (χ2v) is 3.54. The highest BCUT2D eigenvalue weighted by atomic mass is 35.5. The van der Waals surface area contributed by atoms with Gasteiger partial charge in [0.15, 0.2) is 6.10 Å². The minimum absolute atomic E-state index is 0.333. The average Bonchev–Trinajstić information content (AvgIpc) is 2.18. The number of carbonyl (C=O) groups is 1. The highest BCUT2D eigenvalue weighted by Gasteiger charge is 2.36. The summed E-state index contributed by atoms with van der Waals surface area (Å²) in [5.74, 6) is -2.93. The molecule has 0 heterocycles. The number of aromatic hydroxyl groups is 1. The second-order valence-electron chi connectivity index (χ2n) is 3.14. The van der Waals surface area contributed by atoms with Crippen molar-refractivity contribution in [2.45, 2.75) is 12.3 Å². The third-order valence-electron chi connectivity index (χ3n) is 1.94. The summed E-state index contributed by atoms with van der Waals surface area (Å²) < 4.78 is 37.3. The van der Waals surface area contributed by atoms with Crippen LogP contribution in [0, 0.1) is 0 Å². The summed E-state index contributed by atoms with van der Waals surface area (Å²) in [6, 6.07) is 1.09. The molecule has 0 saturated heterocycles. The van der Waals surface area contributed by atoms with E-state index in [9.17, 15) is 18.0 Å². The predicted octanol–water partition coefficient (Wildman–Crippen LogP) is 2.18. The van der Waals surface area contributed by atoms with Gasteiger partial charge in [0, 0.05) is 0 Å². The quantitative estimate of drug-likeness (QED) is 0.770. The number of carboxylic acids is 1. The van der Waals surface area contributed by atoms with Gasteiger partial charge in [-0.2, -0.15) is 13.2 Å². The van der Waals surface area contributed by atoms with Crippen LogP contribution in [0.5, 0.6) is 5.75 Å². The first-order chi connectivity index (χ1) is 7.64. The van der Waals surface area contributed by atoms with Crippen LogP contribution in [0.15, 0.2) is 12.1 Å². The molecule has 0 fully saturated rings. The minimum Gasteiger partial charge on any atom is -0.506 e. The fraction of sp³-hybridized carbons (Fsp3) is 0.222. The number of aliphatic hydroxyl groups excluding tert-OH is 1. The van der Waals surface area contributed by atoms with Gasteiger partial charge in [-0.25, -0.2) is 4.79 Å². The fourth-order valence-electron chi connectivity index (χ4n) is 1.14. The van der Waals surface area contributed by atoms with Crippen molar-refractivity contribution in [3.05, 3.63) is 28.3 Å². The molecule has 0 aliphatic heterocycles. The van der Waals surface area contributed by atoms with E-state index in [0.717, 1.165) is 6.07 Å². The molecular weight excluding hydrogens is 265 g/mol. The van der Waals surface area contributed by atoms with Gasteiger partial charge in [0.25, 0.3) is 0 Å². The molecule has 3 N–H and O–H groups in total. The van der Waals surface area contributed by atoms with Gasteiger partial charge in [0.2, 0.25) is 0 Å². The number of alkyl halides is 3. The van der Waals surface area contributed by atoms with E-state index in [1.165, 1.54) is 0 Å². The number of carboxylic acid groups (broad SMARTS) is 1. The molecule has 0 radical (unpaired) electrons. The molecule has 0 saturated carbocycles. The molecule has 1 aromatic rings. The van der Waals surface area contributed by atoms with Gasteiger partial charge in [-0.1, -0.05) is 11.6 Å². The lowest BCUT2D eigenvalue weighted by Gasteiger charge is -2.13. The second kappa shape index (κ2) is 4.42. The number of rotatable bonds is 2. The van der Waals surface area contributed by atoms with Gasteiger partial charge >= 0.3 is 12.1 Å². The standard InChI is InChI=1S/C9H6ClF3O4/c10-5-2-3(6(14)8(16)17)1-4(7(5)15)9(11,12)13/h1-2,6,14-15H,(H,16,17). The summed E-state index contributed by atoms with van der Waals surface area (Å²) in [4.78, 5) is 10.4. The van der Waals surface area contributed by atoms with Crippen LogP contribution in [0.1, 0.15) is 17.2 Å². The van der Waals surface area contributed by atoms with Crippen LogP contribution in [-0.2, 0) is 11.0 Å². The molecule has 0 amide bonds. The van der Waals surface area contributed by atoms with Gasteiger partial charge in [0.1, 0.15) is 5.75 Å². The molecule has 1 aromatic carbocycles. The van der Waals surface area contributed by atoms with Gasteiger partial charge in [-0.05, 0) is 17.7 Å².